The zero-order chi connectivity index (χ0) is 22.2. The number of likely N-dealkylation sites (tertiary alicyclic amines) is 1. The largest absolute Gasteiger partial charge is 0.345 e. The molecule has 1 unspecified atom stereocenters. The van der Waals surface area contributed by atoms with Gasteiger partial charge < -0.3 is 20.1 Å². The summed E-state index contributed by atoms with van der Waals surface area (Å²) in [6, 6.07) is 1.61. The number of carbonyl (C=O) groups is 1. The van der Waals surface area contributed by atoms with Crippen LogP contribution in [0.1, 0.15) is 40.0 Å². The third kappa shape index (κ3) is 4.12. The summed E-state index contributed by atoms with van der Waals surface area (Å²) in [6.07, 6.45) is 9.91. The molecule has 168 valence electrons. The highest BCUT2D eigenvalue weighted by molar-refractivity contribution is 5.95. The fourth-order valence-electron chi connectivity index (χ4n) is 4.68. The van der Waals surface area contributed by atoms with Crippen LogP contribution in [0.3, 0.4) is 0 Å². The molecule has 0 aliphatic carbocycles. The van der Waals surface area contributed by atoms with Gasteiger partial charge in [-0.2, -0.15) is 0 Å². The van der Waals surface area contributed by atoms with E-state index in [1.54, 1.807) is 4.90 Å². The second kappa shape index (κ2) is 8.48. The van der Waals surface area contributed by atoms with Crippen molar-refractivity contribution in [2.45, 2.75) is 46.0 Å². The van der Waals surface area contributed by atoms with Crippen LogP contribution in [0.15, 0.2) is 40.8 Å². The lowest BCUT2D eigenvalue weighted by molar-refractivity contribution is 0.0000305. The summed E-state index contributed by atoms with van der Waals surface area (Å²) in [4.78, 5) is 24.3. The van der Waals surface area contributed by atoms with Crippen molar-refractivity contribution in [3.8, 4) is 0 Å². The van der Waals surface area contributed by atoms with Gasteiger partial charge in [-0.3, -0.25) is 0 Å². The standard InChI is InChI=1S/C23H31F2N5O/c1-4-15-9-17-11-27-21-19(7-8-26-21)30(17)20(10-15)18-13-29(12-16(18)5-2)22(31)28-14-23(24,25)6-3/h7-11,15-16,18,26H,4-6,12-14H2,1-3H3,(H,28,31)/t15?,16-,18+/m1/s1. The molecule has 4 rings (SSSR count). The van der Waals surface area contributed by atoms with Crippen LogP contribution in [0.4, 0.5) is 25.1 Å². The maximum atomic E-state index is 13.6. The molecule has 0 radical (unpaired) electrons. The number of nitrogens with zero attached hydrogens (tertiary/aromatic N) is 3. The molecule has 6 nitrogen and oxygen atoms in total. The van der Waals surface area contributed by atoms with E-state index in [0.29, 0.717) is 19.0 Å². The zero-order valence-corrected chi connectivity index (χ0v) is 18.4. The van der Waals surface area contributed by atoms with Crippen molar-refractivity contribution < 1.29 is 13.6 Å². The summed E-state index contributed by atoms with van der Waals surface area (Å²) in [7, 11) is 0. The highest BCUT2D eigenvalue weighted by atomic mass is 19.3. The Morgan fingerprint density at radius 2 is 2.06 bits per heavy atom. The second-order valence-electron chi connectivity index (χ2n) is 8.61. The van der Waals surface area contributed by atoms with E-state index < -0.39 is 18.5 Å². The van der Waals surface area contributed by atoms with Gasteiger partial charge >= 0.3 is 6.03 Å². The Morgan fingerprint density at radius 1 is 1.26 bits per heavy atom. The molecule has 2 N–H and O–H groups in total. The van der Waals surface area contributed by atoms with Gasteiger partial charge in [-0.05, 0) is 24.3 Å². The molecule has 8 heteroatoms. The van der Waals surface area contributed by atoms with Crippen LogP contribution in [0.25, 0.3) is 0 Å². The molecule has 2 amide bonds. The summed E-state index contributed by atoms with van der Waals surface area (Å²) in [5.74, 6) is -1.36. The van der Waals surface area contributed by atoms with Crippen molar-refractivity contribution in [2.75, 3.05) is 24.5 Å². The molecule has 1 aromatic rings. The number of anilines is 1. The Balaban J connectivity index is 1.58. The van der Waals surface area contributed by atoms with E-state index in [1.165, 1.54) is 12.6 Å². The van der Waals surface area contributed by atoms with Crippen molar-refractivity contribution in [3.63, 3.8) is 0 Å². The van der Waals surface area contributed by atoms with E-state index in [1.807, 2.05) is 18.5 Å². The minimum Gasteiger partial charge on any atom is -0.345 e. The highest BCUT2D eigenvalue weighted by Gasteiger charge is 2.41. The average Bonchev–Trinajstić information content (AvgIpc) is 3.43. The van der Waals surface area contributed by atoms with Crippen LogP contribution in [0.5, 0.6) is 0 Å². The fraction of sp³-hybridized carbons (Fsp3) is 0.565. The highest BCUT2D eigenvalue weighted by Crippen LogP contribution is 2.44. The van der Waals surface area contributed by atoms with E-state index in [-0.39, 0.29) is 18.3 Å². The first-order chi connectivity index (χ1) is 14.9. The van der Waals surface area contributed by atoms with Crippen LogP contribution < -0.4 is 10.2 Å². The van der Waals surface area contributed by atoms with Gasteiger partial charge in [0.1, 0.15) is 0 Å². The van der Waals surface area contributed by atoms with E-state index in [2.05, 4.69) is 46.2 Å². The number of hydrogen-bond donors (Lipinski definition) is 2. The number of aliphatic imine (C=N–C) groups is 1. The van der Waals surface area contributed by atoms with Gasteiger partial charge in [0.15, 0.2) is 5.82 Å². The topological polar surface area (TPSA) is 63.7 Å². The van der Waals surface area contributed by atoms with Gasteiger partial charge in [-0.25, -0.2) is 18.6 Å². The lowest BCUT2D eigenvalue weighted by Gasteiger charge is -2.38. The molecule has 1 saturated heterocycles. The lowest BCUT2D eigenvalue weighted by Crippen LogP contribution is -2.44. The first-order valence-electron chi connectivity index (χ1n) is 11.2. The molecule has 0 bridgehead atoms. The van der Waals surface area contributed by atoms with Crippen LogP contribution in [-0.4, -0.2) is 47.7 Å². The number of halogens is 2. The normalized spacial score (nSPS) is 25.1. The van der Waals surface area contributed by atoms with E-state index in [9.17, 15) is 13.6 Å². The van der Waals surface area contributed by atoms with Crippen molar-refractivity contribution in [1.82, 2.24) is 15.2 Å². The number of fused-ring (bicyclic) bond motifs is 3. The van der Waals surface area contributed by atoms with Crippen molar-refractivity contribution >= 4 is 23.8 Å². The smallest absolute Gasteiger partial charge is 0.317 e. The van der Waals surface area contributed by atoms with Crippen LogP contribution in [0, 0.1) is 17.8 Å². The summed E-state index contributed by atoms with van der Waals surface area (Å²) >= 11 is 0. The molecular weight excluding hydrogens is 400 g/mol. The van der Waals surface area contributed by atoms with Gasteiger partial charge in [-0.1, -0.05) is 39.3 Å². The Bertz CT molecular complexity index is 919. The molecule has 0 aromatic carbocycles. The number of nitrogens with one attached hydrogen (secondary N) is 2. The van der Waals surface area contributed by atoms with E-state index >= 15 is 0 Å². The SMILES string of the molecule is CCC1C=C2C=Nc3[nH]ccc3N2C([C@H]2CN(C(=O)NCC(F)(F)CC)C[C@H]2CC)=C1. The Kier molecular flexibility index (Phi) is 5.90. The summed E-state index contributed by atoms with van der Waals surface area (Å²) in [5.41, 5.74) is 3.24. The van der Waals surface area contributed by atoms with Gasteiger partial charge in [0.25, 0.3) is 5.92 Å². The zero-order valence-electron chi connectivity index (χ0n) is 18.4. The molecule has 3 aliphatic heterocycles. The monoisotopic (exact) mass is 431 g/mol. The van der Waals surface area contributed by atoms with Crippen LogP contribution >= 0.6 is 0 Å². The van der Waals surface area contributed by atoms with Crippen molar-refractivity contribution in [3.05, 3.63) is 35.8 Å². The number of aromatic amines is 1. The average molecular weight is 432 g/mol. The molecule has 4 heterocycles. The Hall–Kier alpha value is -2.64. The molecule has 1 aromatic heterocycles. The lowest BCUT2D eigenvalue weighted by atomic mass is 9.85. The second-order valence-corrected chi connectivity index (χ2v) is 8.61. The van der Waals surface area contributed by atoms with Gasteiger partial charge in [-0.15, -0.1) is 0 Å². The maximum Gasteiger partial charge on any atom is 0.317 e. The number of alkyl halides is 2. The summed E-state index contributed by atoms with van der Waals surface area (Å²) in [6.45, 7) is 6.18. The molecular formula is C23H31F2N5O. The van der Waals surface area contributed by atoms with Gasteiger partial charge in [0.05, 0.1) is 24.1 Å². The molecule has 0 spiro atoms. The third-order valence-corrected chi connectivity index (χ3v) is 6.68. The quantitative estimate of drug-likeness (QED) is 0.661. The van der Waals surface area contributed by atoms with Crippen molar-refractivity contribution in [1.29, 1.82) is 0 Å². The Labute approximate surface area is 182 Å². The Morgan fingerprint density at radius 3 is 2.77 bits per heavy atom. The number of urea groups is 1. The van der Waals surface area contributed by atoms with Crippen LogP contribution in [0.2, 0.25) is 0 Å². The molecule has 0 saturated carbocycles. The number of amides is 2. The van der Waals surface area contributed by atoms with Crippen LogP contribution in [-0.2, 0) is 0 Å². The molecule has 31 heavy (non-hydrogen) atoms. The third-order valence-electron chi connectivity index (χ3n) is 6.68. The predicted octanol–water partition coefficient (Wildman–Crippen LogP) is 5.06. The fourth-order valence-corrected chi connectivity index (χ4v) is 4.68. The van der Waals surface area contributed by atoms with Crippen molar-refractivity contribution in [2.24, 2.45) is 22.7 Å². The van der Waals surface area contributed by atoms with E-state index in [0.717, 1.165) is 30.0 Å². The first kappa shape index (κ1) is 21.6. The summed E-state index contributed by atoms with van der Waals surface area (Å²) < 4.78 is 27.2. The van der Waals surface area contributed by atoms with Gasteiger partial charge in [0.2, 0.25) is 0 Å². The minimum absolute atomic E-state index is 0.134. The number of allylic oxidation sites excluding steroid dienone is 3. The van der Waals surface area contributed by atoms with E-state index in [4.69, 9.17) is 0 Å². The number of carbonyl (C=O) groups excluding carboxylic acids is 1. The molecule has 1 fully saturated rings. The maximum absolute atomic E-state index is 13.6. The molecule has 3 aliphatic rings. The summed E-state index contributed by atoms with van der Waals surface area (Å²) in [5, 5.41) is 2.44. The predicted molar refractivity (Wildman–Crippen MR) is 119 cm³/mol. The number of hydrogen-bond acceptors (Lipinski definition) is 3. The first-order valence-corrected chi connectivity index (χ1v) is 11.2. The minimum atomic E-state index is -2.88. The van der Waals surface area contributed by atoms with Gasteiger partial charge in [0, 0.05) is 37.3 Å². The number of rotatable bonds is 6. The molecule has 3 atom stereocenters. The number of aromatic nitrogens is 1. The number of H-pyrrole nitrogens is 1.